The summed E-state index contributed by atoms with van der Waals surface area (Å²) < 4.78 is 15.0. The van der Waals surface area contributed by atoms with E-state index in [1.165, 1.54) is 18.9 Å². The minimum Gasteiger partial charge on any atom is -0.348 e. The molecule has 154 valence electrons. The highest BCUT2D eigenvalue weighted by atomic mass is 35.5. The first-order valence-electron chi connectivity index (χ1n) is 10.9. The quantitative estimate of drug-likeness (QED) is 0.644. The number of benzene rings is 1. The van der Waals surface area contributed by atoms with E-state index in [1.807, 2.05) is 6.92 Å². The van der Waals surface area contributed by atoms with E-state index in [0.717, 1.165) is 56.6 Å². The zero-order valence-electron chi connectivity index (χ0n) is 17.0. The zero-order chi connectivity index (χ0) is 19.9. The monoisotopic (exact) mass is 406 g/mol. The first-order valence-corrected chi connectivity index (χ1v) is 11.3. The Hall–Kier alpha value is -1.13. The maximum absolute atomic E-state index is 15.0. The van der Waals surface area contributed by atoms with Gasteiger partial charge in [-0.25, -0.2) is 4.39 Å². The lowest BCUT2D eigenvalue weighted by atomic mass is 9.72. The van der Waals surface area contributed by atoms with Crippen LogP contribution in [0.2, 0.25) is 5.02 Å². The molecule has 0 heterocycles. The van der Waals surface area contributed by atoms with E-state index < -0.39 is 0 Å². The van der Waals surface area contributed by atoms with Crippen molar-refractivity contribution in [1.82, 2.24) is 10.6 Å². The van der Waals surface area contributed by atoms with Crippen LogP contribution in [-0.4, -0.2) is 18.5 Å². The van der Waals surface area contributed by atoms with Gasteiger partial charge in [0, 0.05) is 22.5 Å². The van der Waals surface area contributed by atoms with Gasteiger partial charge in [-0.15, -0.1) is 0 Å². The second-order valence-electron chi connectivity index (χ2n) is 9.34. The maximum Gasteiger partial charge on any atom is 0.223 e. The molecule has 0 spiro atoms. The average Bonchev–Trinajstić information content (AvgIpc) is 3.25. The minimum atomic E-state index is -0.270. The van der Waals surface area contributed by atoms with Crippen LogP contribution in [-0.2, 0) is 4.79 Å². The molecule has 0 aliphatic heterocycles. The van der Waals surface area contributed by atoms with Crippen molar-refractivity contribution < 1.29 is 9.18 Å². The van der Waals surface area contributed by atoms with Gasteiger partial charge in [0.1, 0.15) is 5.82 Å². The normalized spacial score (nSPS) is 32.2. The molecule has 0 unspecified atom stereocenters. The second-order valence-corrected chi connectivity index (χ2v) is 9.75. The number of amides is 1. The second kappa shape index (κ2) is 7.95. The van der Waals surface area contributed by atoms with Crippen molar-refractivity contribution in [1.29, 1.82) is 0 Å². The van der Waals surface area contributed by atoms with Gasteiger partial charge in [-0.1, -0.05) is 18.5 Å². The fraction of sp³-hybridized carbons (Fsp3) is 0.696. The van der Waals surface area contributed by atoms with Gasteiger partial charge >= 0.3 is 0 Å². The Kier molecular flexibility index (Phi) is 5.72. The molecule has 1 aromatic rings. The van der Waals surface area contributed by atoms with Crippen molar-refractivity contribution in [2.24, 2.45) is 17.3 Å². The first-order chi connectivity index (χ1) is 13.4. The fourth-order valence-corrected chi connectivity index (χ4v) is 5.97. The molecular weight excluding hydrogens is 375 g/mol. The summed E-state index contributed by atoms with van der Waals surface area (Å²) in [5, 5.41) is 7.38. The summed E-state index contributed by atoms with van der Waals surface area (Å²) in [5.41, 5.74) is 1.37. The molecule has 3 nitrogen and oxygen atoms in total. The van der Waals surface area contributed by atoms with Gasteiger partial charge in [0.25, 0.3) is 0 Å². The number of hydrogen-bond acceptors (Lipinski definition) is 2. The molecule has 1 amide bonds. The molecule has 2 bridgehead atoms. The molecule has 3 aliphatic rings. The lowest BCUT2D eigenvalue weighted by Crippen LogP contribution is -2.50. The number of rotatable bonds is 7. The third kappa shape index (κ3) is 3.59. The summed E-state index contributed by atoms with van der Waals surface area (Å²) in [6.07, 6.45) is 8.48. The molecule has 1 aromatic carbocycles. The highest BCUT2D eigenvalue weighted by Crippen LogP contribution is 2.60. The summed E-state index contributed by atoms with van der Waals surface area (Å²) in [6, 6.07) is 3.25. The number of halogens is 2. The van der Waals surface area contributed by atoms with Crippen molar-refractivity contribution >= 4 is 17.5 Å². The molecule has 4 rings (SSSR count). The highest BCUT2D eigenvalue weighted by Gasteiger charge is 2.52. The Bertz CT molecular complexity index is 738. The lowest BCUT2D eigenvalue weighted by Gasteiger charge is -2.41. The van der Waals surface area contributed by atoms with Gasteiger partial charge in [0.2, 0.25) is 5.91 Å². The third-order valence-electron chi connectivity index (χ3n) is 7.57. The van der Waals surface area contributed by atoms with Crippen molar-refractivity contribution in [3.05, 3.63) is 34.1 Å². The van der Waals surface area contributed by atoms with E-state index in [1.54, 1.807) is 6.07 Å². The summed E-state index contributed by atoms with van der Waals surface area (Å²) in [6.45, 7) is 5.03. The summed E-state index contributed by atoms with van der Waals surface area (Å²) in [7, 11) is 0. The minimum absolute atomic E-state index is 0.0137. The average molecular weight is 407 g/mol. The van der Waals surface area contributed by atoms with Crippen LogP contribution in [0.5, 0.6) is 0 Å². The molecule has 5 heteroatoms. The standard InChI is InChI=1S/C23H32ClFN2O/c1-3-10-26-17-11-16(12-17)22(28)27-21(23-8-6-15(13-23)7-9-23)20-14(2)18(24)4-5-19(20)25/h4-5,15-17,21,26H,3,6-13H2,1-2H3,(H,27,28)/t15?,16?,17?,21-,23?/m1/s1. The number of carbonyl (C=O) groups is 1. The van der Waals surface area contributed by atoms with Crippen molar-refractivity contribution in [3.63, 3.8) is 0 Å². The van der Waals surface area contributed by atoms with Crippen LogP contribution in [0.1, 0.15) is 75.5 Å². The smallest absolute Gasteiger partial charge is 0.223 e. The zero-order valence-corrected chi connectivity index (χ0v) is 17.7. The van der Waals surface area contributed by atoms with Crippen LogP contribution in [0, 0.1) is 30.0 Å². The predicted molar refractivity (Wildman–Crippen MR) is 111 cm³/mol. The summed E-state index contributed by atoms with van der Waals surface area (Å²) >= 11 is 6.35. The van der Waals surface area contributed by atoms with Gasteiger partial charge in [-0.3, -0.25) is 4.79 Å². The molecule has 2 N–H and O–H groups in total. The van der Waals surface area contributed by atoms with E-state index in [-0.39, 0.29) is 29.1 Å². The van der Waals surface area contributed by atoms with Crippen LogP contribution < -0.4 is 10.6 Å². The van der Waals surface area contributed by atoms with Gasteiger partial charge < -0.3 is 10.6 Å². The largest absolute Gasteiger partial charge is 0.348 e. The van der Waals surface area contributed by atoms with E-state index in [4.69, 9.17) is 11.6 Å². The molecule has 3 fully saturated rings. The third-order valence-corrected chi connectivity index (χ3v) is 7.98. The fourth-order valence-electron chi connectivity index (χ4n) is 5.80. The SMILES string of the molecule is CCCNC1CC(C(=O)N[C@H](c2c(F)ccc(Cl)c2C)C23CCC(CC2)C3)C1. The van der Waals surface area contributed by atoms with E-state index >= 15 is 0 Å². The van der Waals surface area contributed by atoms with Crippen LogP contribution in [0.4, 0.5) is 4.39 Å². The first kappa shape index (κ1) is 20.2. The molecule has 0 aromatic heterocycles. The van der Waals surface area contributed by atoms with Crippen molar-refractivity contribution in [3.8, 4) is 0 Å². The topological polar surface area (TPSA) is 41.1 Å². The lowest BCUT2D eigenvalue weighted by molar-refractivity contribution is -0.130. The summed E-state index contributed by atoms with van der Waals surface area (Å²) in [4.78, 5) is 13.1. The maximum atomic E-state index is 15.0. The molecular formula is C23H32ClFN2O. The molecule has 3 saturated carbocycles. The van der Waals surface area contributed by atoms with Crippen LogP contribution in [0.15, 0.2) is 12.1 Å². The Balaban J connectivity index is 1.56. The highest BCUT2D eigenvalue weighted by molar-refractivity contribution is 6.31. The number of carbonyl (C=O) groups excluding carboxylic acids is 1. The molecule has 0 radical (unpaired) electrons. The molecule has 1 atom stereocenters. The van der Waals surface area contributed by atoms with E-state index in [2.05, 4.69) is 17.6 Å². The van der Waals surface area contributed by atoms with E-state index in [9.17, 15) is 9.18 Å². The molecule has 0 saturated heterocycles. The number of fused-ring (bicyclic) bond motifs is 2. The Morgan fingerprint density at radius 3 is 2.64 bits per heavy atom. The Labute approximate surface area is 172 Å². The van der Waals surface area contributed by atoms with E-state index in [0.29, 0.717) is 16.6 Å². The van der Waals surface area contributed by atoms with Gasteiger partial charge in [0.05, 0.1) is 6.04 Å². The Morgan fingerprint density at radius 1 is 1.32 bits per heavy atom. The van der Waals surface area contributed by atoms with Crippen molar-refractivity contribution in [2.75, 3.05) is 6.54 Å². The van der Waals surface area contributed by atoms with Gasteiger partial charge in [-0.2, -0.15) is 0 Å². The number of hydrogen-bond donors (Lipinski definition) is 2. The van der Waals surface area contributed by atoms with Gasteiger partial charge in [-0.05, 0) is 93.9 Å². The predicted octanol–water partition coefficient (Wildman–Crippen LogP) is 5.30. The van der Waals surface area contributed by atoms with Crippen LogP contribution in [0.3, 0.4) is 0 Å². The molecule has 28 heavy (non-hydrogen) atoms. The Morgan fingerprint density at radius 2 is 2.04 bits per heavy atom. The number of nitrogens with one attached hydrogen (secondary N) is 2. The van der Waals surface area contributed by atoms with Crippen molar-refractivity contribution in [2.45, 2.75) is 77.3 Å². The van der Waals surface area contributed by atoms with Crippen LogP contribution >= 0.6 is 11.6 Å². The van der Waals surface area contributed by atoms with Crippen LogP contribution in [0.25, 0.3) is 0 Å². The van der Waals surface area contributed by atoms with Gasteiger partial charge in [0.15, 0.2) is 0 Å². The molecule has 3 aliphatic carbocycles. The summed E-state index contributed by atoms with van der Waals surface area (Å²) in [5.74, 6) is 0.610.